The van der Waals surface area contributed by atoms with Crippen molar-refractivity contribution >= 4 is 24.0 Å². The molecule has 0 aliphatic carbocycles. The average Bonchev–Trinajstić information content (AvgIpc) is 3.83. The van der Waals surface area contributed by atoms with Gasteiger partial charge in [-0.1, -0.05) is 84.9 Å². The predicted octanol–water partition coefficient (Wildman–Crippen LogP) is 8.24. The van der Waals surface area contributed by atoms with Crippen LogP contribution in [0.25, 0.3) is 56.4 Å². The minimum Gasteiger partial charge on any atom is -0.399 e. The molecule has 51 heavy (non-hydrogen) atoms. The molecular formula is C42H39BN6O2. The van der Waals surface area contributed by atoms with Crippen molar-refractivity contribution in [2.45, 2.75) is 51.7 Å². The minimum absolute atomic E-state index is 0.473. The van der Waals surface area contributed by atoms with Crippen molar-refractivity contribution in [1.82, 2.24) is 24.1 Å². The van der Waals surface area contributed by atoms with Crippen LogP contribution >= 0.6 is 0 Å². The molecule has 8 nitrogen and oxygen atoms in total. The molecule has 0 saturated carbocycles. The Bertz CT molecular complexity index is 2370. The lowest BCUT2D eigenvalue weighted by atomic mass is 9.77. The van der Waals surface area contributed by atoms with E-state index in [1.54, 1.807) is 0 Å². The summed E-state index contributed by atoms with van der Waals surface area (Å²) in [5.41, 5.74) is 9.21. The summed E-state index contributed by atoms with van der Waals surface area (Å²) in [6, 6.07) is 40.0. The zero-order valence-electron chi connectivity index (χ0n) is 29.3. The first-order valence-corrected chi connectivity index (χ1v) is 17.7. The molecule has 0 amide bonds. The maximum atomic E-state index is 6.54. The first-order valence-electron chi connectivity index (χ1n) is 17.7. The molecule has 1 fully saturated rings. The third-order valence-corrected chi connectivity index (χ3v) is 10.5. The van der Waals surface area contributed by atoms with Crippen LogP contribution in [0.15, 0.2) is 121 Å². The standard InChI is InChI=1S/C42H39BN6O2/c1-41(2)42(3,4)51-43(50-41)34-25-32(24-33(26-34)38-46-37-22-21-31(27-48(37)47-38)28-12-7-5-8-13-28)29-17-19-30(20-18-29)39-45-36-16-11-23-44-40(36)49(39)35-14-9-6-10-15-35/h5-10,12-15,17-22,24-27,44H,11,16,23H2,1-4H3. The van der Waals surface area contributed by atoms with Crippen molar-refractivity contribution in [3.63, 3.8) is 0 Å². The van der Waals surface area contributed by atoms with Gasteiger partial charge in [-0.05, 0) is 93.0 Å². The molecule has 4 aromatic carbocycles. The van der Waals surface area contributed by atoms with Crippen LogP contribution in [0.4, 0.5) is 5.82 Å². The van der Waals surface area contributed by atoms with Crippen molar-refractivity contribution in [2.75, 3.05) is 11.9 Å². The first kappa shape index (κ1) is 31.5. The summed E-state index contributed by atoms with van der Waals surface area (Å²) in [6.07, 6.45) is 4.08. The van der Waals surface area contributed by atoms with E-state index < -0.39 is 18.3 Å². The summed E-state index contributed by atoms with van der Waals surface area (Å²) in [5, 5.41) is 8.57. The van der Waals surface area contributed by atoms with Crippen molar-refractivity contribution < 1.29 is 9.31 Å². The van der Waals surface area contributed by atoms with Crippen LogP contribution < -0.4 is 10.8 Å². The highest BCUT2D eigenvalue weighted by molar-refractivity contribution is 6.62. The van der Waals surface area contributed by atoms with Gasteiger partial charge in [0.05, 0.1) is 16.9 Å². The Morgan fingerprint density at radius 1 is 0.667 bits per heavy atom. The summed E-state index contributed by atoms with van der Waals surface area (Å²) < 4.78 is 17.2. The number of pyridine rings is 1. The molecule has 0 bridgehead atoms. The molecule has 1 N–H and O–H groups in total. The number of imidazole rings is 1. The summed E-state index contributed by atoms with van der Waals surface area (Å²) in [4.78, 5) is 10.1. The lowest BCUT2D eigenvalue weighted by Crippen LogP contribution is -2.41. The number of aromatic nitrogens is 5. The van der Waals surface area contributed by atoms with Crippen LogP contribution in [-0.4, -0.2) is 49.0 Å². The maximum Gasteiger partial charge on any atom is 0.494 e. The lowest BCUT2D eigenvalue weighted by molar-refractivity contribution is 0.00578. The summed E-state index contributed by atoms with van der Waals surface area (Å²) in [7, 11) is -0.535. The molecule has 0 spiro atoms. The first-order chi connectivity index (χ1) is 24.7. The van der Waals surface area contributed by atoms with Gasteiger partial charge in [-0.3, -0.25) is 4.57 Å². The van der Waals surface area contributed by atoms with Gasteiger partial charge in [-0.25, -0.2) is 14.5 Å². The molecule has 9 rings (SSSR count). The van der Waals surface area contributed by atoms with E-state index in [9.17, 15) is 0 Å². The number of hydrogen-bond acceptors (Lipinski definition) is 6. The van der Waals surface area contributed by atoms with E-state index in [4.69, 9.17) is 24.4 Å². The third kappa shape index (κ3) is 5.63. The largest absolute Gasteiger partial charge is 0.494 e. The van der Waals surface area contributed by atoms with Gasteiger partial charge in [-0.2, -0.15) is 0 Å². The molecule has 0 atom stereocenters. The van der Waals surface area contributed by atoms with Crippen LogP contribution in [0.1, 0.15) is 39.8 Å². The molecule has 252 valence electrons. The van der Waals surface area contributed by atoms with E-state index in [0.717, 1.165) is 86.9 Å². The van der Waals surface area contributed by atoms with Gasteiger partial charge in [0.25, 0.3) is 0 Å². The Hall–Kier alpha value is -5.51. The summed E-state index contributed by atoms with van der Waals surface area (Å²) in [6.45, 7) is 9.27. The normalized spacial score (nSPS) is 16.3. The fraction of sp³-hybridized carbons (Fsp3) is 0.214. The molecular weight excluding hydrogens is 631 g/mol. The van der Waals surface area contributed by atoms with E-state index in [-0.39, 0.29) is 0 Å². The monoisotopic (exact) mass is 670 g/mol. The number of para-hydroxylation sites is 1. The highest BCUT2D eigenvalue weighted by Gasteiger charge is 2.51. The molecule has 9 heteroatoms. The maximum absolute atomic E-state index is 6.54. The van der Waals surface area contributed by atoms with Gasteiger partial charge >= 0.3 is 7.12 Å². The second-order valence-electron chi connectivity index (χ2n) is 14.5. The number of rotatable bonds is 6. The van der Waals surface area contributed by atoms with Gasteiger partial charge in [0.15, 0.2) is 11.5 Å². The van der Waals surface area contributed by atoms with Gasteiger partial charge in [0.2, 0.25) is 0 Å². The zero-order chi connectivity index (χ0) is 34.7. The Kier molecular flexibility index (Phi) is 7.45. The summed E-state index contributed by atoms with van der Waals surface area (Å²) >= 11 is 0. The fourth-order valence-corrected chi connectivity index (χ4v) is 6.99. The van der Waals surface area contributed by atoms with Gasteiger partial charge < -0.3 is 14.6 Å². The Morgan fingerprint density at radius 3 is 2.06 bits per heavy atom. The molecule has 0 unspecified atom stereocenters. The number of nitrogens with zero attached hydrogens (tertiary/aromatic N) is 5. The van der Waals surface area contributed by atoms with E-state index >= 15 is 0 Å². The van der Waals surface area contributed by atoms with Crippen LogP contribution in [0, 0.1) is 0 Å². The number of benzene rings is 4. The van der Waals surface area contributed by atoms with E-state index in [1.807, 2.05) is 41.0 Å². The van der Waals surface area contributed by atoms with Gasteiger partial charge in [0.1, 0.15) is 11.6 Å². The van der Waals surface area contributed by atoms with Crippen LogP contribution in [0.2, 0.25) is 0 Å². The van der Waals surface area contributed by atoms with E-state index in [1.165, 1.54) is 0 Å². The van der Waals surface area contributed by atoms with E-state index in [2.05, 4.69) is 123 Å². The number of nitrogens with one attached hydrogen (secondary N) is 1. The number of fused-ring (bicyclic) bond motifs is 2. The van der Waals surface area contributed by atoms with Crippen molar-refractivity contribution in [1.29, 1.82) is 0 Å². The SMILES string of the molecule is CC1(C)OB(c2cc(-c3ccc(-c4nc5c(n4-c4ccccc4)NCCC5)cc3)cc(-c3nc4ccc(-c5ccccc5)cn4n3)c2)OC1(C)C. The molecule has 5 heterocycles. The van der Waals surface area contributed by atoms with Crippen LogP contribution in [-0.2, 0) is 15.7 Å². The smallest absolute Gasteiger partial charge is 0.399 e. The second-order valence-corrected chi connectivity index (χ2v) is 14.5. The minimum atomic E-state index is -0.535. The van der Waals surface area contributed by atoms with Gasteiger partial charge in [0, 0.05) is 35.1 Å². The van der Waals surface area contributed by atoms with E-state index in [0.29, 0.717) is 5.82 Å². The topological polar surface area (TPSA) is 78.5 Å². The van der Waals surface area contributed by atoms with Gasteiger partial charge in [-0.15, -0.1) is 5.10 Å². The quantitative estimate of drug-likeness (QED) is 0.180. The van der Waals surface area contributed by atoms with Crippen LogP contribution in [0.3, 0.4) is 0 Å². The number of anilines is 1. The molecule has 2 aliphatic heterocycles. The second kappa shape index (κ2) is 12.1. The number of aryl methyl sites for hydroxylation is 1. The highest BCUT2D eigenvalue weighted by atomic mass is 16.7. The Labute approximate surface area is 298 Å². The molecule has 3 aromatic heterocycles. The fourth-order valence-electron chi connectivity index (χ4n) is 6.99. The Morgan fingerprint density at radius 2 is 1.31 bits per heavy atom. The number of hydrogen-bond donors (Lipinski definition) is 1. The lowest BCUT2D eigenvalue weighted by Gasteiger charge is -2.32. The van der Waals surface area contributed by atoms with Crippen molar-refractivity contribution in [2.24, 2.45) is 0 Å². The van der Waals surface area contributed by atoms with Crippen molar-refractivity contribution in [3.8, 4) is 50.7 Å². The zero-order valence-corrected chi connectivity index (χ0v) is 29.3. The molecule has 2 aliphatic rings. The van der Waals surface area contributed by atoms with Crippen molar-refractivity contribution in [3.05, 3.63) is 127 Å². The highest BCUT2D eigenvalue weighted by Crippen LogP contribution is 2.38. The Balaban J connectivity index is 1.13. The average molecular weight is 671 g/mol. The third-order valence-electron chi connectivity index (χ3n) is 10.5. The molecule has 1 saturated heterocycles. The summed E-state index contributed by atoms with van der Waals surface area (Å²) in [5.74, 6) is 2.66. The molecule has 7 aromatic rings. The molecule has 0 radical (unpaired) electrons. The predicted molar refractivity (Wildman–Crippen MR) is 204 cm³/mol. The van der Waals surface area contributed by atoms with Crippen LogP contribution in [0.5, 0.6) is 0 Å².